The number of ether oxygens (including phenoxy) is 1. The number of nitrogens with zero attached hydrogens (tertiary/aromatic N) is 2. The van der Waals surface area contributed by atoms with Gasteiger partial charge >= 0.3 is 0 Å². The Morgan fingerprint density at radius 2 is 1.96 bits per heavy atom. The number of hydrogen-bond acceptors (Lipinski definition) is 7. The Morgan fingerprint density at radius 1 is 1.15 bits per heavy atom. The second-order valence-corrected chi connectivity index (χ2v) is 8.49. The van der Waals surface area contributed by atoms with Gasteiger partial charge in [-0.05, 0) is 53.5 Å². The molecule has 3 heterocycles. The number of amides is 2. The van der Waals surface area contributed by atoms with Crippen molar-refractivity contribution in [3.63, 3.8) is 0 Å². The zero-order valence-corrected chi connectivity index (χ0v) is 16.7. The van der Waals surface area contributed by atoms with Crippen molar-refractivity contribution in [1.29, 1.82) is 0 Å². The van der Waals surface area contributed by atoms with Crippen LogP contribution in [0.4, 0.5) is 4.79 Å². The molecule has 2 amide bonds. The number of hydrogen-bond donors (Lipinski definition) is 0. The monoisotopic (exact) mass is 414 g/mol. The molecule has 0 bridgehead atoms. The average molecular weight is 415 g/mol. The molecule has 0 saturated carbocycles. The topological polar surface area (TPSA) is 59.5 Å². The fourth-order valence-corrected chi connectivity index (χ4v) is 4.92. The van der Waals surface area contributed by atoms with Crippen molar-refractivity contribution in [1.82, 2.24) is 9.88 Å². The van der Waals surface area contributed by atoms with Crippen LogP contribution in [-0.4, -0.2) is 28.1 Å². The fourth-order valence-electron chi connectivity index (χ4n) is 2.55. The Balaban J connectivity index is 1.50. The Labute approximate surface area is 168 Å². The van der Waals surface area contributed by atoms with Crippen molar-refractivity contribution >= 4 is 51.7 Å². The van der Waals surface area contributed by atoms with Crippen LogP contribution in [0.25, 0.3) is 16.6 Å². The van der Waals surface area contributed by atoms with Crippen LogP contribution in [0, 0.1) is 0 Å². The van der Waals surface area contributed by atoms with E-state index in [0.717, 1.165) is 33.0 Å². The molecule has 4 rings (SSSR count). The normalized spacial score (nSPS) is 15.7. The zero-order chi connectivity index (χ0) is 18.8. The van der Waals surface area contributed by atoms with Gasteiger partial charge in [-0.25, -0.2) is 4.98 Å². The molecule has 0 atom stereocenters. The van der Waals surface area contributed by atoms with Crippen LogP contribution in [0.3, 0.4) is 0 Å². The summed E-state index contributed by atoms with van der Waals surface area (Å²) in [6.45, 7) is 0.180. The molecule has 5 nitrogen and oxygen atoms in total. The maximum Gasteiger partial charge on any atom is 0.293 e. The van der Waals surface area contributed by atoms with Crippen molar-refractivity contribution in [2.24, 2.45) is 0 Å². The molecule has 0 radical (unpaired) electrons. The van der Waals surface area contributed by atoms with Crippen LogP contribution in [0.1, 0.15) is 10.6 Å². The van der Waals surface area contributed by atoms with Gasteiger partial charge in [0.2, 0.25) is 0 Å². The summed E-state index contributed by atoms with van der Waals surface area (Å²) in [5, 5.41) is 4.40. The highest BCUT2D eigenvalue weighted by Gasteiger charge is 2.35. The Bertz CT molecular complexity index is 1010. The predicted molar refractivity (Wildman–Crippen MR) is 110 cm³/mol. The molecular formula is C19H14N2O3S3. The number of imide groups is 1. The van der Waals surface area contributed by atoms with E-state index in [2.05, 4.69) is 4.98 Å². The quantitative estimate of drug-likeness (QED) is 0.543. The number of thiophene rings is 1. The van der Waals surface area contributed by atoms with E-state index in [-0.39, 0.29) is 17.7 Å². The van der Waals surface area contributed by atoms with Gasteiger partial charge in [-0.3, -0.25) is 14.5 Å². The molecule has 1 aliphatic heterocycles. The van der Waals surface area contributed by atoms with Crippen LogP contribution in [0.15, 0.2) is 52.1 Å². The van der Waals surface area contributed by atoms with Crippen molar-refractivity contribution in [2.75, 3.05) is 7.11 Å². The summed E-state index contributed by atoms with van der Waals surface area (Å²) < 4.78 is 5.16. The van der Waals surface area contributed by atoms with Gasteiger partial charge in [0, 0.05) is 15.8 Å². The number of rotatable bonds is 5. The molecule has 1 aliphatic rings. The van der Waals surface area contributed by atoms with Crippen molar-refractivity contribution < 1.29 is 14.3 Å². The summed E-state index contributed by atoms with van der Waals surface area (Å²) in [4.78, 5) is 32.1. The van der Waals surface area contributed by atoms with Crippen LogP contribution < -0.4 is 4.74 Å². The lowest BCUT2D eigenvalue weighted by molar-refractivity contribution is -0.123. The summed E-state index contributed by atoms with van der Waals surface area (Å²) in [7, 11) is 1.62. The second-order valence-electron chi connectivity index (χ2n) is 5.66. The highest BCUT2D eigenvalue weighted by molar-refractivity contribution is 8.18. The Hall–Kier alpha value is -2.42. The minimum atomic E-state index is -0.266. The number of benzene rings is 1. The van der Waals surface area contributed by atoms with Crippen molar-refractivity contribution in [3.05, 3.63) is 62.6 Å². The van der Waals surface area contributed by atoms with E-state index in [9.17, 15) is 9.59 Å². The number of carbonyl (C=O) groups excluding carboxylic acids is 2. The maximum absolute atomic E-state index is 12.6. The SMILES string of the molecule is COc1ccc(-c2nc(CN3C(=O)S/C(=C\c4cccs4)C3=O)cs2)cc1. The van der Waals surface area contributed by atoms with E-state index in [1.165, 1.54) is 27.6 Å². The van der Waals surface area contributed by atoms with E-state index < -0.39 is 0 Å². The highest BCUT2D eigenvalue weighted by Crippen LogP contribution is 2.34. The van der Waals surface area contributed by atoms with E-state index in [1.807, 2.05) is 47.2 Å². The Kier molecular flexibility index (Phi) is 5.11. The number of thioether (sulfide) groups is 1. The minimum Gasteiger partial charge on any atom is -0.497 e. The summed E-state index contributed by atoms with van der Waals surface area (Å²) in [6.07, 6.45) is 1.76. The number of carbonyl (C=O) groups is 2. The maximum atomic E-state index is 12.6. The van der Waals surface area contributed by atoms with Crippen molar-refractivity contribution in [3.8, 4) is 16.3 Å². The lowest BCUT2D eigenvalue weighted by Crippen LogP contribution is -2.27. The van der Waals surface area contributed by atoms with E-state index in [4.69, 9.17) is 4.74 Å². The standard InChI is InChI=1S/C19H14N2O3S3/c1-24-14-6-4-12(5-7-14)17-20-13(11-26-17)10-21-18(22)16(27-19(21)23)9-15-3-2-8-25-15/h2-9,11H,10H2,1H3/b16-9-. The first-order valence-corrected chi connectivity index (χ1v) is 10.6. The molecule has 0 aliphatic carbocycles. The Morgan fingerprint density at radius 3 is 2.67 bits per heavy atom. The molecule has 0 unspecified atom stereocenters. The van der Waals surface area contributed by atoms with Crippen LogP contribution in [-0.2, 0) is 11.3 Å². The van der Waals surface area contributed by atoms with Gasteiger partial charge in [-0.15, -0.1) is 22.7 Å². The van der Waals surface area contributed by atoms with E-state index >= 15 is 0 Å². The largest absolute Gasteiger partial charge is 0.497 e. The fraction of sp³-hybridized carbons (Fsp3) is 0.105. The van der Waals surface area contributed by atoms with E-state index in [0.29, 0.717) is 10.6 Å². The summed E-state index contributed by atoms with van der Waals surface area (Å²) in [5.41, 5.74) is 1.67. The first-order chi connectivity index (χ1) is 13.1. The molecule has 1 aromatic carbocycles. The third-order valence-electron chi connectivity index (χ3n) is 3.90. The highest BCUT2D eigenvalue weighted by atomic mass is 32.2. The van der Waals surface area contributed by atoms with Gasteiger partial charge in [-0.1, -0.05) is 6.07 Å². The van der Waals surface area contributed by atoms with Gasteiger partial charge in [0.25, 0.3) is 11.1 Å². The van der Waals surface area contributed by atoms with Gasteiger partial charge in [0.15, 0.2) is 0 Å². The van der Waals surface area contributed by atoms with Crippen LogP contribution >= 0.6 is 34.4 Å². The second kappa shape index (κ2) is 7.67. The average Bonchev–Trinajstić information content (AvgIpc) is 3.41. The number of aromatic nitrogens is 1. The summed E-state index contributed by atoms with van der Waals surface area (Å²) in [5.74, 6) is 0.517. The molecule has 3 aromatic rings. The minimum absolute atomic E-state index is 0.180. The molecule has 27 heavy (non-hydrogen) atoms. The summed E-state index contributed by atoms with van der Waals surface area (Å²) >= 11 is 3.99. The molecular weight excluding hydrogens is 400 g/mol. The molecule has 1 saturated heterocycles. The predicted octanol–water partition coefficient (Wildman–Crippen LogP) is 5.12. The van der Waals surface area contributed by atoms with Crippen LogP contribution in [0.2, 0.25) is 0 Å². The lowest BCUT2D eigenvalue weighted by atomic mass is 10.2. The molecule has 8 heteroatoms. The first-order valence-electron chi connectivity index (χ1n) is 8.02. The molecule has 136 valence electrons. The summed E-state index contributed by atoms with van der Waals surface area (Å²) in [6, 6.07) is 11.5. The van der Waals surface area contributed by atoms with Crippen molar-refractivity contribution in [2.45, 2.75) is 6.54 Å². The van der Waals surface area contributed by atoms with Gasteiger partial charge in [0.05, 0.1) is 24.3 Å². The molecule has 2 aromatic heterocycles. The van der Waals surface area contributed by atoms with E-state index in [1.54, 1.807) is 13.2 Å². The number of thiazole rings is 1. The lowest BCUT2D eigenvalue weighted by Gasteiger charge is -2.09. The molecule has 1 fully saturated rings. The third kappa shape index (κ3) is 3.83. The van der Waals surface area contributed by atoms with Crippen LogP contribution in [0.5, 0.6) is 5.75 Å². The first kappa shape index (κ1) is 18.0. The smallest absolute Gasteiger partial charge is 0.293 e. The van der Waals surface area contributed by atoms with Gasteiger partial charge in [0.1, 0.15) is 10.8 Å². The zero-order valence-electron chi connectivity index (χ0n) is 14.2. The molecule has 0 spiro atoms. The van der Waals surface area contributed by atoms with Gasteiger partial charge in [-0.2, -0.15) is 0 Å². The third-order valence-corrected chi connectivity index (χ3v) is 6.57. The van der Waals surface area contributed by atoms with Gasteiger partial charge < -0.3 is 4.74 Å². The number of methoxy groups -OCH3 is 1. The molecule has 0 N–H and O–H groups in total.